The van der Waals surface area contributed by atoms with Gasteiger partial charge in [-0.2, -0.15) is 0 Å². The summed E-state index contributed by atoms with van der Waals surface area (Å²) in [6, 6.07) is 0.721. The Bertz CT molecular complexity index is 253. The molecule has 0 radical (unpaired) electrons. The van der Waals surface area contributed by atoms with Crippen molar-refractivity contribution >= 4 is 0 Å². The van der Waals surface area contributed by atoms with Crippen LogP contribution in [0.4, 0.5) is 0 Å². The van der Waals surface area contributed by atoms with Crippen LogP contribution in [0.25, 0.3) is 0 Å². The van der Waals surface area contributed by atoms with Crippen molar-refractivity contribution in [3.8, 4) is 0 Å². The average molecular weight is 194 g/mol. The lowest BCUT2D eigenvalue weighted by Gasteiger charge is -2.37. The average Bonchev–Trinajstić information content (AvgIpc) is 2.54. The van der Waals surface area contributed by atoms with Gasteiger partial charge in [0.25, 0.3) is 0 Å². The van der Waals surface area contributed by atoms with Crippen LogP contribution in [0.1, 0.15) is 19.0 Å². The quantitative estimate of drug-likeness (QED) is 0.721. The van der Waals surface area contributed by atoms with E-state index in [4.69, 9.17) is 0 Å². The molecule has 1 aliphatic rings. The van der Waals surface area contributed by atoms with Gasteiger partial charge in [-0.15, -0.1) is 0 Å². The molecule has 4 heteroatoms. The molecule has 1 aliphatic heterocycles. The highest BCUT2D eigenvalue weighted by molar-refractivity contribution is 4.96. The normalized spacial score (nSPS) is 17.3. The standard InChI is InChI=1S/C10H18N4/c1-2-3-14(10-5-11-6-10)7-9-4-12-8-13-9/h4,8,10-11H,2-3,5-7H2,1H3,(H,12,13). The Morgan fingerprint density at radius 1 is 1.57 bits per heavy atom. The van der Waals surface area contributed by atoms with Gasteiger partial charge < -0.3 is 10.3 Å². The molecule has 1 aromatic heterocycles. The second-order valence-corrected chi connectivity index (χ2v) is 3.86. The van der Waals surface area contributed by atoms with Gasteiger partial charge in [-0.1, -0.05) is 6.92 Å². The summed E-state index contributed by atoms with van der Waals surface area (Å²) >= 11 is 0. The Balaban J connectivity index is 1.89. The van der Waals surface area contributed by atoms with Crippen molar-refractivity contribution in [1.29, 1.82) is 0 Å². The molecule has 2 rings (SSSR count). The molecule has 0 spiro atoms. The van der Waals surface area contributed by atoms with Gasteiger partial charge in [0, 0.05) is 37.6 Å². The second-order valence-electron chi connectivity index (χ2n) is 3.86. The van der Waals surface area contributed by atoms with Crippen LogP contribution in [0.3, 0.4) is 0 Å². The monoisotopic (exact) mass is 194 g/mol. The maximum absolute atomic E-state index is 4.04. The van der Waals surface area contributed by atoms with Gasteiger partial charge in [0.15, 0.2) is 0 Å². The van der Waals surface area contributed by atoms with Crippen molar-refractivity contribution in [3.05, 3.63) is 18.2 Å². The molecule has 0 aliphatic carbocycles. The Kier molecular flexibility index (Phi) is 3.16. The highest BCUT2D eigenvalue weighted by Crippen LogP contribution is 2.09. The van der Waals surface area contributed by atoms with Gasteiger partial charge in [0.05, 0.1) is 6.33 Å². The summed E-state index contributed by atoms with van der Waals surface area (Å²) in [5.41, 5.74) is 1.21. The van der Waals surface area contributed by atoms with E-state index < -0.39 is 0 Å². The first-order valence-corrected chi connectivity index (χ1v) is 5.32. The smallest absolute Gasteiger partial charge is 0.0922 e. The van der Waals surface area contributed by atoms with Crippen LogP contribution in [0.15, 0.2) is 12.5 Å². The highest BCUT2D eigenvalue weighted by Gasteiger charge is 2.23. The van der Waals surface area contributed by atoms with Crippen molar-refractivity contribution in [2.45, 2.75) is 25.9 Å². The predicted octanol–water partition coefficient (Wildman–Crippen LogP) is 0.593. The Morgan fingerprint density at radius 3 is 2.93 bits per heavy atom. The first-order valence-electron chi connectivity index (χ1n) is 5.32. The van der Waals surface area contributed by atoms with Crippen molar-refractivity contribution < 1.29 is 0 Å². The van der Waals surface area contributed by atoms with Crippen LogP contribution in [0.2, 0.25) is 0 Å². The fourth-order valence-corrected chi connectivity index (χ4v) is 1.80. The summed E-state index contributed by atoms with van der Waals surface area (Å²) in [4.78, 5) is 9.71. The molecule has 2 N–H and O–H groups in total. The number of imidazole rings is 1. The topological polar surface area (TPSA) is 44.0 Å². The summed E-state index contributed by atoms with van der Waals surface area (Å²) < 4.78 is 0. The zero-order chi connectivity index (χ0) is 9.80. The van der Waals surface area contributed by atoms with E-state index in [0.29, 0.717) is 0 Å². The van der Waals surface area contributed by atoms with E-state index in [1.165, 1.54) is 18.7 Å². The molecule has 2 heterocycles. The minimum absolute atomic E-state index is 0.721. The summed E-state index contributed by atoms with van der Waals surface area (Å²) in [5, 5.41) is 3.31. The minimum atomic E-state index is 0.721. The third-order valence-corrected chi connectivity index (χ3v) is 2.72. The van der Waals surface area contributed by atoms with Crippen LogP contribution in [-0.2, 0) is 6.54 Å². The molecule has 0 aromatic carbocycles. The van der Waals surface area contributed by atoms with Gasteiger partial charge in [0.1, 0.15) is 0 Å². The largest absolute Gasteiger partial charge is 0.347 e. The Labute approximate surface area is 84.7 Å². The van der Waals surface area contributed by atoms with Gasteiger partial charge in [-0.05, 0) is 13.0 Å². The fourth-order valence-electron chi connectivity index (χ4n) is 1.80. The molecule has 1 saturated heterocycles. The van der Waals surface area contributed by atoms with E-state index in [9.17, 15) is 0 Å². The third kappa shape index (κ3) is 2.13. The molecule has 4 nitrogen and oxygen atoms in total. The molecule has 78 valence electrons. The Hall–Kier alpha value is -0.870. The van der Waals surface area contributed by atoms with Crippen molar-refractivity contribution in [2.24, 2.45) is 0 Å². The predicted molar refractivity (Wildman–Crippen MR) is 55.9 cm³/mol. The lowest BCUT2D eigenvalue weighted by atomic mass is 10.1. The lowest BCUT2D eigenvalue weighted by molar-refractivity contribution is 0.136. The van der Waals surface area contributed by atoms with Crippen LogP contribution < -0.4 is 5.32 Å². The van der Waals surface area contributed by atoms with Crippen molar-refractivity contribution in [2.75, 3.05) is 19.6 Å². The number of rotatable bonds is 5. The van der Waals surface area contributed by atoms with Crippen molar-refractivity contribution in [3.63, 3.8) is 0 Å². The molecule has 0 saturated carbocycles. The number of aromatic amines is 1. The molecule has 0 unspecified atom stereocenters. The minimum Gasteiger partial charge on any atom is -0.347 e. The van der Waals surface area contributed by atoms with Gasteiger partial charge in [-0.25, -0.2) is 4.98 Å². The molecule has 0 amide bonds. The van der Waals surface area contributed by atoms with E-state index >= 15 is 0 Å². The SMILES string of the molecule is CCCN(Cc1cnc[nH]1)C1CNC1. The van der Waals surface area contributed by atoms with E-state index in [-0.39, 0.29) is 0 Å². The third-order valence-electron chi connectivity index (χ3n) is 2.72. The number of H-pyrrole nitrogens is 1. The van der Waals surface area contributed by atoms with Crippen molar-refractivity contribution in [1.82, 2.24) is 20.2 Å². The van der Waals surface area contributed by atoms with Gasteiger partial charge >= 0.3 is 0 Å². The summed E-state index contributed by atoms with van der Waals surface area (Å²) in [7, 11) is 0. The van der Waals surface area contributed by atoms with E-state index in [2.05, 4.69) is 27.1 Å². The maximum atomic E-state index is 4.04. The summed E-state index contributed by atoms with van der Waals surface area (Å²) in [6.45, 7) is 6.67. The molecule has 14 heavy (non-hydrogen) atoms. The van der Waals surface area contributed by atoms with E-state index in [0.717, 1.165) is 25.7 Å². The first kappa shape index (κ1) is 9.68. The molecule has 1 fully saturated rings. The molecular weight excluding hydrogens is 176 g/mol. The first-order chi connectivity index (χ1) is 6.90. The van der Waals surface area contributed by atoms with Gasteiger partial charge in [0.2, 0.25) is 0 Å². The van der Waals surface area contributed by atoms with Crippen LogP contribution in [0.5, 0.6) is 0 Å². The van der Waals surface area contributed by atoms with Crippen LogP contribution in [0, 0.1) is 0 Å². The molecule has 0 bridgehead atoms. The molecular formula is C10H18N4. The number of nitrogens with zero attached hydrogens (tertiary/aromatic N) is 2. The lowest BCUT2D eigenvalue weighted by Crippen LogP contribution is -2.57. The highest BCUT2D eigenvalue weighted by atomic mass is 15.2. The second kappa shape index (κ2) is 4.57. The van der Waals surface area contributed by atoms with E-state index in [1.54, 1.807) is 6.33 Å². The zero-order valence-corrected chi connectivity index (χ0v) is 8.66. The number of nitrogens with one attached hydrogen (secondary N) is 2. The Morgan fingerprint density at radius 2 is 2.43 bits per heavy atom. The maximum Gasteiger partial charge on any atom is 0.0922 e. The number of hydrogen-bond acceptors (Lipinski definition) is 3. The van der Waals surface area contributed by atoms with Crippen LogP contribution in [-0.4, -0.2) is 40.5 Å². The summed E-state index contributed by atoms with van der Waals surface area (Å²) in [5.74, 6) is 0. The summed E-state index contributed by atoms with van der Waals surface area (Å²) in [6.07, 6.45) is 4.87. The number of aromatic nitrogens is 2. The zero-order valence-electron chi connectivity index (χ0n) is 8.66. The fraction of sp³-hybridized carbons (Fsp3) is 0.700. The van der Waals surface area contributed by atoms with E-state index in [1.807, 2.05) is 6.20 Å². The molecule has 1 aromatic rings. The molecule has 0 atom stereocenters. The van der Waals surface area contributed by atoms with Crippen LogP contribution >= 0.6 is 0 Å². The number of hydrogen-bond donors (Lipinski definition) is 2. The van der Waals surface area contributed by atoms with Gasteiger partial charge in [-0.3, -0.25) is 4.90 Å².